The maximum Gasteiger partial charge on any atom is 0.420 e. The van der Waals surface area contributed by atoms with E-state index in [4.69, 9.17) is 26.9 Å². The zero-order valence-corrected chi connectivity index (χ0v) is 25.5. The molecule has 11 nitrogen and oxygen atoms in total. The topological polar surface area (TPSA) is 129 Å². The number of anilines is 1. The van der Waals surface area contributed by atoms with Gasteiger partial charge in [0, 0.05) is 46.9 Å². The minimum absolute atomic E-state index is 0.109. The summed E-state index contributed by atoms with van der Waals surface area (Å²) in [5.74, 6) is -0.178. The van der Waals surface area contributed by atoms with Crippen LogP contribution in [0, 0.1) is 0 Å². The second kappa shape index (κ2) is 11.2. The number of hydrogen-bond acceptors (Lipinski definition) is 7. The van der Waals surface area contributed by atoms with Gasteiger partial charge in [0.25, 0.3) is 0 Å². The number of rotatable bonds is 6. The highest BCUT2D eigenvalue weighted by molar-refractivity contribution is 6.31. The summed E-state index contributed by atoms with van der Waals surface area (Å²) in [4.78, 5) is 31.9. The number of nitrogens with two attached hydrogens (primary N) is 1. The fraction of sp³-hybridized carbons (Fsp3) is 0.206. The highest BCUT2D eigenvalue weighted by atomic mass is 35.5. The number of halogens is 1. The molecule has 1 aliphatic heterocycles. The zero-order chi connectivity index (χ0) is 31.4. The minimum atomic E-state index is -0.578. The van der Waals surface area contributed by atoms with E-state index in [2.05, 4.69) is 52.7 Å². The van der Waals surface area contributed by atoms with Crippen molar-refractivity contribution < 1.29 is 9.21 Å². The molecule has 12 heteroatoms. The van der Waals surface area contributed by atoms with E-state index in [-0.39, 0.29) is 18.4 Å². The normalized spacial score (nSPS) is 14.2. The van der Waals surface area contributed by atoms with Crippen LogP contribution in [0.25, 0.3) is 38.6 Å². The Bertz CT molecular complexity index is 2310. The Morgan fingerprint density at radius 2 is 1.85 bits per heavy atom. The predicted octanol–water partition coefficient (Wildman–Crippen LogP) is 5.34. The van der Waals surface area contributed by atoms with Crippen molar-refractivity contribution >= 4 is 50.8 Å². The Labute approximate surface area is 267 Å². The number of carbonyl (C=O) groups is 1. The van der Waals surface area contributed by atoms with Gasteiger partial charge in [-0.1, -0.05) is 54.1 Å². The Morgan fingerprint density at radius 3 is 2.67 bits per heavy atom. The lowest BCUT2D eigenvalue weighted by Crippen LogP contribution is -2.40. The van der Waals surface area contributed by atoms with Crippen LogP contribution in [0.4, 0.5) is 5.82 Å². The van der Waals surface area contributed by atoms with Crippen molar-refractivity contribution in [3.63, 3.8) is 0 Å². The van der Waals surface area contributed by atoms with Crippen LogP contribution in [0.3, 0.4) is 0 Å². The number of benzene rings is 3. The Balaban J connectivity index is 1.04. The molecule has 0 radical (unpaired) electrons. The van der Waals surface area contributed by atoms with Gasteiger partial charge in [-0.2, -0.15) is 10.2 Å². The van der Waals surface area contributed by atoms with Gasteiger partial charge in [0.1, 0.15) is 18.4 Å². The number of nitrogens with zero attached hydrogens (tertiary/aromatic N) is 7. The maximum absolute atomic E-state index is 13.3. The Kier molecular flexibility index (Phi) is 6.83. The molecule has 1 amide bonds. The number of oxazole rings is 1. The molecule has 0 bridgehead atoms. The van der Waals surface area contributed by atoms with E-state index < -0.39 is 5.76 Å². The summed E-state index contributed by atoms with van der Waals surface area (Å²) >= 11 is 6.13. The molecular formula is C34H29ClN8O3. The highest BCUT2D eigenvalue weighted by Crippen LogP contribution is 2.37. The van der Waals surface area contributed by atoms with E-state index in [1.807, 2.05) is 27.4 Å². The van der Waals surface area contributed by atoms with Crippen LogP contribution in [0.1, 0.15) is 30.0 Å². The highest BCUT2D eigenvalue weighted by Gasteiger charge is 2.28. The SMILES string of the molecule is Nc1ncnn2c(C3CCN(C(=O)Cn4c(=O)oc5ccc(Cl)cc54)CC3)cc(-c3ccc4cn(Cc5ccccc5)nc4c3)c12. The molecule has 8 rings (SSSR count). The molecule has 7 aromatic rings. The van der Waals surface area contributed by atoms with Crippen molar-refractivity contribution in [2.45, 2.75) is 31.8 Å². The number of nitrogen functional groups attached to an aromatic ring is 1. The van der Waals surface area contributed by atoms with Gasteiger partial charge in [0.05, 0.1) is 17.6 Å². The third kappa shape index (κ3) is 4.98. The maximum atomic E-state index is 13.3. The predicted molar refractivity (Wildman–Crippen MR) is 176 cm³/mol. The first-order valence-corrected chi connectivity index (χ1v) is 15.5. The number of likely N-dealkylation sites (tertiary alicyclic amines) is 1. The van der Waals surface area contributed by atoms with E-state index >= 15 is 0 Å². The molecule has 3 aromatic carbocycles. The van der Waals surface area contributed by atoms with Crippen molar-refractivity contribution in [3.8, 4) is 11.1 Å². The lowest BCUT2D eigenvalue weighted by molar-refractivity contribution is -0.132. The average Bonchev–Trinajstić information content (AvgIpc) is 3.75. The van der Waals surface area contributed by atoms with Gasteiger partial charge in [-0.15, -0.1) is 0 Å². The van der Waals surface area contributed by atoms with Crippen LogP contribution in [0.5, 0.6) is 0 Å². The molecule has 230 valence electrons. The van der Waals surface area contributed by atoms with Gasteiger partial charge in [-0.3, -0.25) is 14.0 Å². The molecule has 1 aliphatic rings. The van der Waals surface area contributed by atoms with Crippen molar-refractivity contribution in [1.82, 2.24) is 33.8 Å². The lowest BCUT2D eigenvalue weighted by Gasteiger charge is -2.32. The van der Waals surface area contributed by atoms with Crippen molar-refractivity contribution in [2.24, 2.45) is 0 Å². The summed E-state index contributed by atoms with van der Waals surface area (Å²) in [6, 6.07) is 23.6. The molecule has 2 N–H and O–H groups in total. The van der Waals surface area contributed by atoms with Crippen LogP contribution in [-0.4, -0.2) is 52.8 Å². The second-order valence-corrected chi connectivity index (χ2v) is 12.1. The second-order valence-electron chi connectivity index (χ2n) is 11.7. The Hall–Kier alpha value is -5.42. The summed E-state index contributed by atoms with van der Waals surface area (Å²) in [5.41, 5.74) is 13.1. The molecule has 0 spiro atoms. The first-order valence-electron chi connectivity index (χ1n) is 15.1. The number of hydrogen-bond donors (Lipinski definition) is 1. The van der Waals surface area contributed by atoms with Gasteiger partial charge >= 0.3 is 5.76 Å². The number of amides is 1. The van der Waals surface area contributed by atoms with Crippen LogP contribution in [0.15, 0.2) is 94.5 Å². The molecule has 0 unspecified atom stereocenters. The molecule has 5 heterocycles. The van der Waals surface area contributed by atoms with Crippen LogP contribution < -0.4 is 11.5 Å². The van der Waals surface area contributed by atoms with Gasteiger partial charge in [0.15, 0.2) is 11.4 Å². The number of piperidine rings is 1. The van der Waals surface area contributed by atoms with Crippen molar-refractivity contribution in [3.05, 3.63) is 112 Å². The third-order valence-corrected chi connectivity index (χ3v) is 9.09. The monoisotopic (exact) mass is 632 g/mol. The van der Waals surface area contributed by atoms with Crippen LogP contribution in [-0.2, 0) is 17.9 Å². The Morgan fingerprint density at radius 1 is 1.02 bits per heavy atom. The molecule has 1 saturated heterocycles. The van der Waals surface area contributed by atoms with Gasteiger partial charge in [-0.25, -0.2) is 14.3 Å². The van der Waals surface area contributed by atoms with Crippen molar-refractivity contribution in [2.75, 3.05) is 18.8 Å². The fourth-order valence-electron chi connectivity index (χ4n) is 6.53. The summed E-state index contributed by atoms with van der Waals surface area (Å²) in [6.07, 6.45) is 5.00. The zero-order valence-electron chi connectivity index (χ0n) is 24.7. The smallest absolute Gasteiger partial charge is 0.408 e. The van der Waals surface area contributed by atoms with E-state index in [0.29, 0.717) is 41.6 Å². The number of fused-ring (bicyclic) bond motifs is 3. The lowest BCUT2D eigenvalue weighted by atomic mass is 9.93. The fourth-order valence-corrected chi connectivity index (χ4v) is 6.70. The molecule has 0 aliphatic carbocycles. The molecule has 4 aromatic heterocycles. The van der Waals surface area contributed by atoms with Gasteiger partial charge in [-0.05, 0) is 54.3 Å². The standard InChI is InChI=1S/C34H29ClN8O3/c35-25-8-9-30-29(15-25)42(34(45)46-30)19-31(44)40-12-10-22(11-13-40)28-16-26(32-33(36)37-20-38-43(28)32)23-6-7-24-18-41(39-27(24)14-23)17-21-4-2-1-3-5-21/h1-9,14-16,18,20,22H,10-13,17,19H2,(H2,36,37,38). The first kappa shape index (κ1) is 28.1. The largest absolute Gasteiger partial charge is 0.420 e. The molecule has 0 atom stereocenters. The van der Waals surface area contributed by atoms with E-state index in [1.165, 1.54) is 16.5 Å². The first-order chi connectivity index (χ1) is 22.4. The van der Waals surface area contributed by atoms with Gasteiger partial charge < -0.3 is 15.1 Å². The molecule has 0 saturated carbocycles. The number of carbonyl (C=O) groups excluding carboxylic acids is 1. The van der Waals surface area contributed by atoms with Gasteiger partial charge in [0.2, 0.25) is 5.91 Å². The molecular weight excluding hydrogens is 604 g/mol. The summed E-state index contributed by atoms with van der Waals surface area (Å²) < 4.78 is 10.5. The van der Waals surface area contributed by atoms with Crippen molar-refractivity contribution in [1.29, 1.82) is 0 Å². The molecule has 46 heavy (non-hydrogen) atoms. The van der Waals surface area contributed by atoms with Crippen LogP contribution in [0.2, 0.25) is 5.02 Å². The molecule has 1 fully saturated rings. The summed E-state index contributed by atoms with van der Waals surface area (Å²) in [7, 11) is 0. The van der Waals surface area contributed by atoms with E-state index in [9.17, 15) is 9.59 Å². The average molecular weight is 633 g/mol. The number of aromatic nitrogens is 6. The quantitative estimate of drug-likeness (QED) is 0.262. The minimum Gasteiger partial charge on any atom is -0.408 e. The van der Waals surface area contributed by atoms with E-state index in [1.54, 1.807) is 23.1 Å². The summed E-state index contributed by atoms with van der Waals surface area (Å²) in [6.45, 7) is 1.67. The summed E-state index contributed by atoms with van der Waals surface area (Å²) in [5, 5.41) is 11.0. The van der Waals surface area contributed by atoms with E-state index in [0.717, 1.165) is 46.1 Å². The third-order valence-electron chi connectivity index (χ3n) is 8.85. The van der Waals surface area contributed by atoms with Crippen LogP contribution >= 0.6 is 11.6 Å².